The van der Waals surface area contributed by atoms with Gasteiger partial charge in [0.1, 0.15) is 16.4 Å². The molecule has 2 amide bonds. The molecule has 9 nitrogen and oxygen atoms in total. The van der Waals surface area contributed by atoms with E-state index in [4.69, 9.17) is 4.74 Å². The summed E-state index contributed by atoms with van der Waals surface area (Å²) in [7, 11) is -4.67. The summed E-state index contributed by atoms with van der Waals surface area (Å²) in [5.74, 6) is 0.150. The van der Waals surface area contributed by atoms with Gasteiger partial charge >= 0.3 is 6.09 Å². The van der Waals surface area contributed by atoms with Crippen LogP contribution in [0.3, 0.4) is 0 Å². The minimum absolute atomic E-state index is 0.119. The molecule has 1 fully saturated rings. The number of hydrogen-bond acceptors (Lipinski definition) is 7. The summed E-state index contributed by atoms with van der Waals surface area (Å²) < 4.78 is 43.4. The number of carbonyl (C=O) groups excluding carboxylic acids is 2. The predicted octanol–water partition coefficient (Wildman–Crippen LogP) is 1.27. The van der Waals surface area contributed by atoms with E-state index in [0.717, 1.165) is 11.3 Å². The molecule has 0 unspecified atom stereocenters. The number of anilines is 1. The summed E-state index contributed by atoms with van der Waals surface area (Å²) in [5.41, 5.74) is -0.297. The van der Waals surface area contributed by atoms with Crippen LogP contribution in [0.2, 0.25) is 0 Å². The van der Waals surface area contributed by atoms with Gasteiger partial charge in [-0.25, -0.2) is 13.2 Å². The number of thiophene rings is 1. The first-order valence-electron chi connectivity index (χ1n) is 8.61. The number of alkyl carbamates (subject to hydrolysis) is 1. The Hall–Kier alpha value is -1.50. The number of ether oxygens (including phenoxy) is 1. The number of sulfonamides is 1. The van der Waals surface area contributed by atoms with Crippen molar-refractivity contribution in [3.05, 3.63) is 10.9 Å². The third-order valence-corrected chi connectivity index (χ3v) is 8.37. The molecule has 2 rings (SSSR count). The highest BCUT2D eigenvalue weighted by molar-refractivity contribution is 7.91. The summed E-state index contributed by atoms with van der Waals surface area (Å²) in [6, 6.07) is 1.41. The Bertz CT molecular complexity index is 863. The zero-order valence-electron chi connectivity index (χ0n) is 16.2. The lowest BCUT2D eigenvalue weighted by atomic mass is 10.2. The number of nitrogens with zero attached hydrogens (tertiary/aromatic N) is 1. The SMILES string of the molecule is Cc1sc(S(=O)(=O)N2CCS(=O)CC2)cc1NC(=O)CNC(=O)OC(C)(C)C. The Labute approximate surface area is 171 Å². The van der Waals surface area contributed by atoms with Crippen LogP contribution < -0.4 is 10.6 Å². The lowest BCUT2D eigenvalue weighted by molar-refractivity contribution is -0.115. The van der Waals surface area contributed by atoms with Gasteiger partial charge in [0, 0.05) is 40.3 Å². The largest absolute Gasteiger partial charge is 0.444 e. The summed E-state index contributed by atoms with van der Waals surface area (Å²) in [5, 5.41) is 4.95. The van der Waals surface area contributed by atoms with Gasteiger partial charge in [-0.05, 0) is 33.8 Å². The molecule has 0 saturated carbocycles. The van der Waals surface area contributed by atoms with Crippen molar-refractivity contribution in [2.24, 2.45) is 0 Å². The molecule has 0 aliphatic carbocycles. The average Bonchev–Trinajstić information content (AvgIpc) is 2.93. The van der Waals surface area contributed by atoms with E-state index >= 15 is 0 Å². The van der Waals surface area contributed by atoms with Crippen molar-refractivity contribution in [2.45, 2.75) is 37.5 Å². The Kier molecular flexibility index (Phi) is 7.23. The smallest absolute Gasteiger partial charge is 0.408 e. The maximum atomic E-state index is 12.7. The monoisotopic (exact) mass is 451 g/mol. The molecular weight excluding hydrogens is 426 g/mol. The van der Waals surface area contributed by atoms with Crippen LogP contribution in [0.4, 0.5) is 10.5 Å². The molecule has 28 heavy (non-hydrogen) atoms. The lowest BCUT2D eigenvalue weighted by Gasteiger charge is -2.24. The molecule has 0 bridgehead atoms. The van der Waals surface area contributed by atoms with Crippen molar-refractivity contribution < 1.29 is 27.0 Å². The number of nitrogens with one attached hydrogen (secondary N) is 2. The van der Waals surface area contributed by atoms with Crippen LogP contribution in [0.5, 0.6) is 0 Å². The molecule has 0 radical (unpaired) electrons. The zero-order valence-corrected chi connectivity index (χ0v) is 18.7. The Morgan fingerprint density at radius 1 is 1.29 bits per heavy atom. The quantitative estimate of drug-likeness (QED) is 0.695. The van der Waals surface area contributed by atoms with E-state index in [1.807, 2.05) is 0 Å². The number of rotatable bonds is 5. The van der Waals surface area contributed by atoms with Crippen molar-refractivity contribution >= 4 is 49.8 Å². The third-order valence-electron chi connectivity index (χ3n) is 3.69. The van der Waals surface area contributed by atoms with Gasteiger partial charge in [0.25, 0.3) is 10.0 Å². The van der Waals surface area contributed by atoms with E-state index in [0.29, 0.717) is 22.1 Å². The average molecular weight is 452 g/mol. The molecule has 2 N–H and O–H groups in total. The number of amides is 2. The molecule has 1 aliphatic rings. The van der Waals surface area contributed by atoms with Crippen LogP contribution >= 0.6 is 11.3 Å². The minimum Gasteiger partial charge on any atom is -0.444 e. The van der Waals surface area contributed by atoms with Crippen molar-refractivity contribution in [3.63, 3.8) is 0 Å². The second-order valence-corrected chi connectivity index (χ2v) is 12.3. The van der Waals surface area contributed by atoms with Crippen molar-refractivity contribution in [1.29, 1.82) is 0 Å². The van der Waals surface area contributed by atoms with Gasteiger partial charge in [0.05, 0.1) is 5.69 Å². The van der Waals surface area contributed by atoms with Crippen molar-refractivity contribution in [3.8, 4) is 0 Å². The topological polar surface area (TPSA) is 122 Å². The van der Waals surface area contributed by atoms with Crippen LogP contribution in [0.15, 0.2) is 10.3 Å². The molecular formula is C16H25N3O6S3. The van der Waals surface area contributed by atoms with Crippen LogP contribution in [-0.4, -0.2) is 65.7 Å². The fourth-order valence-corrected chi connectivity index (χ4v) is 6.63. The van der Waals surface area contributed by atoms with E-state index in [-0.39, 0.29) is 23.8 Å². The van der Waals surface area contributed by atoms with Gasteiger partial charge < -0.3 is 15.4 Å². The summed E-state index contributed by atoms with van der Waals surface area (Å²) in [6.45, 7) is 6.97. The maximum Gasteiger partial charge on any atom is 0.408 e. The maximum absolute atomic E-state index is 12.7. The highest BCUT2D eigenvalue weighted by Crippen LogP contribution is 2.32. The molecule has 1 aromatic heterocycles. The fourth-order valence-electron chi connectivity index (χ4n) is 2.36. The van der Waals surface area contributed by atoms with E-state index < -0.39 is 38.4 Å². The number of hydrogen-bond donors (Lipinski definition) is 2. The first kappa shape index (κ1) is 22.8. The van der Waals surface area contributed by atoms with E-state index in [1.54, 1.807) is 27.7 Å². The summed E-state index contributed by atoms with van der Waals surface area (Å²) >= 11 is 1.06. The van der Waals surface area contributed by atoms with E-state index in [2.05, 4.69) is 10.6 Å². The van der Waals surface area contributed by atoms with Crippen molar-refractivity contribution in [1.82, 2.24) is 9.62 Å². The molecule has 1 aromatic rings. The Morgan fingerprint density at radius 2 is 1.89 bits per heavy atom. The van der Waals surface area contributed by atoms with Gasteiger partial charge in [-0.15, -0.1) is 11.3 Å². The second kappa shape index (κ2) is 8.89. The normalized spacial score (nSPS) is 16.6. The highest BCUT2D eigenvalue weighted by atomic mass is 32.2. The summed E-state index contributed by atoms with van der Waals surface area (Å²) in [6.07, 6.45) is -0.713. The van der Waals surface area contributed by atoms with Gasteiger partial charge in [-0.1, -0.05) is 0 Å². The first-order valence-corrected chi connectivity index (χ1v) is 12.4. The number of carbonyl (C=O) groups is 2. The van der Waals surface area contributed by atoms with E-state index in [1.165, 1.54) is 10.4 Å². The molecule has 1 aliphatic heterocycles. The molecule has 0 spiro atoms. The van der Waals surface area contributed by atoms with Gasteiger partial charge in [0.2, 0.25) is 5.91 Å². The van der Waals surface area contributed by atoms with Crippen LogP contribution in [0.25, 0.3) is 0 Å². The van der Waals surface area contributed by atoms with Gasteiger partial charge in [0.15, 0.2) is 0 Å². The van der Waals surface area contributed by atoms with Crippen LogP contribution in [0.1, 0.15) is 25.6 Å². The molecule has 1 saturated heterocycles. The van der Waals surface area contributed by atoms with Crippen LogP contribution in [-0.2, 0) is 30.4 Å². The van der Waals surface area contributed by atoms with Gasteiger partial charge in [-0.3, -0.25) is 9.00 Å². The summed E-state index contributed by atoms with van der Waals surface area (Å²) in [4.78, 5) is 24.3. The third kappa shape index (κ3) is 6.26. The standard InChI is InChI=1S/C16H25N3O6S3/c1-11-12(18-13(20)10-17-15(21)25-16(2,3)4)9-14(26-11)28(23,24)19-5-7-27(22)8-6-19/h9H,5-8,10H2,1-4H3,(H,17,21)(H,18,20). The molecule has 158 valence electrons. The zero-order chi connectivity index (χ0) is 21.1. The number of aryl methyl sites for hydroxylation is 1. The fraction of sp³-hybridized carbons (Fsp3) is 0.625. The highest BCUT2D eigenvalue weighted by Gasteiger charge is 2.30. The molecule has 12 heteroatoms. The predicted molar refractivity (Wildman–Crippen MR) is 109 cm³/mol. The Morgan fingerprint density at radius 3 is 2.46 bits per heavy atom. The molecule has 0 aromatic carbocycles. The van der Waals surface area contributed by atoms with Crippen LogP contribution in [0, 0.1) is 6.92 Å². The molecule has 0 atom stereocenters. The lowest BCUT2D eigenvalue weighted by Crippen LogP contribution is -2.41. The first-order chi connectivity index (χ1) is 12.9. The van der Waals surface area contributed by atoms with Crippen molar-refractivity contribution in [2.75, 3.05) is 36.5 Å². The molecule has 2 heterocycles. The Balaban J connectivity index is 1.99. The van der Waals surface area contributed by atoms with Gasteiger partial charge in [-0.2, -0.15) is 4.31 Å². The minimum atomic E-state index is -3.69. The second-order valence-electron chi connectivity index (χ2n) is 7.19. The van der Waals surface area contributed by atoms with E-state index in [9.17, 15) is 22.2 Å².